The summed E-state index contributed by atoms with van der Waals surface area (Å²) in [5, 5.41) is 0. The first-order valence-electron chi connectivity index (χ1n) is 18.4. The van der Waals surface area contributed by atoms with E-state index in [2.05, 4.69) is 41.7 Å². The van der Waals surface area contributed by atoms with Crippen molar-refractivity contribution in [3.63, 3.8) is 0 Å². The molecule has 0 aliphatic heterocycles. The molecular weight excluding hydrogens is 526 g/mol. The summed E-state index contributed by atoms with van der Waals surface area (Å²) in [7, 11) is 2.31. The molecule has 41 heavy (non-hydrogen) atoms. The number of ketones is 1. The minimum atomic E-state index is -0.706. The average Bonchev–Trinajstić information content (AvgIpc) is 2.96. The predicted molar refractivity (Wildman–Crippen MR) is 178 cm³/mol. The molecule has 0 saturated heterocycles. The van der Waals surface area contributed by atoms with Crippen molar-refractivity contribution in [2.45, 2.75) is 207 Å². The Bertz CT molecular complexity index is 547. The molecule has 0 rings (SSSR count). The van der Waals surface area contributed by atoms with Crippen LogP contribution in [0.1, 0.15) is 202 Å². The fourth-order valence-electron chi connectivity index (χ4n) is 6.13. The van der Waals surface area contributed by atoms with E-state index in [1.165, 1.54) is 135 Å². The SMILES string of the molecule is CCCCCCCCCCCCCCOC(C)(C(=O)CCCCCCCCCCC)[N+](C)(CCCC)CCCC.[Cl-]. The molecule has 0 heterocycles. The first-order chi connectivity index (χ1) is 19.4. The molecule has 0 aromatic heterocycles. The van der Waals surface area contributed by atoms with Gasteiger partial charge in [0.05, 0.1) is 26.7 Å². The molecule has 0 aliphatic rings. The lowest BCUT2D eigenvalue weighted by Crippen LogP contribution is -3.00. The van der Waals surface area contributed by atoms with E-state index in [0.717, 1.165) is 49.9 Å². The molecule has 4 heteroatoms. The molecule has 0 fully saturated rings. The van der Waals surface area contributed by atoms with Crippen LogP contribution in [0.2, 0.25) is 0 Å². The molecule has 0 aliphatic carbocycles. The van der Waals surface area contributed by atoms with E-state index >= 15 is 0 Å². The van der Waals surface area contributed by atoms with Crippen molar-refractivity contribution in [1.82, 2.24) is 0 Å². The summed E-state index contributed by atoms with van der Waals surface area (Å²) in [6, 6.07) is 0. The second kappa shape index (κ2) is 29.9. The van der Waals surface area contributed by atoms with Crippen LogP contribution in [0.3, 0.4) is 0 Å². The summed E-state index contributed by atoms with van der Waals surface area (Å²) in [5.41, 5.74) is -0.706. The first kappa shape index (κ1) is 43.0. The van der Waals surface area contributed by atoms with E-state index < -0.39 is 5.72 Å². The zero-order valence-electron chi connectivity index (χ0n) is 29.1. The largest absolute Gasteiger partial charge is 1.00 e. The highest BCUT2D eigenvalue weighted by atomic mass is 35.5. The Labute approximate surface area is 265 Å². The Balaban J connectivity index is 0. The van der Waals surface area contributed by atoms with E-state index in [0.29, 0.717) is 12.2 Å². The van der Waals surface area contributed by atoms with Crippen LogP contribution >= 0.6 is 0 Å². The fraction of sp³-hybridized carbons (Fsp3) is 0.973. The van der Waals surface area contributed by atoms with Crippen LogP contribution in [-0.2, 0) is 9.53 Å². The van der Waals surface area contributed by atoms with Crippen molar-refractivity contribution in [1.29, 1.82) is 0 Å². The fourth-order valence-corrected chi connectivity index (χ4v) is 6.13. The van der Waals surface area contributed by atoms with Crippen molar-refractivity contribution in [3.05, 3.63) is 0 Å². The molecule has 0 aromatic carbocycles. The molecule has 0 amide bonds. The predicted octanol–water partition coefficient (Wildman–Crippen LogP) is 8.96. The molecule has 248 valence electrons. The Morgan fingerprint density at radius 2 is 0.829 bits per heavy atom. The van der Waals surface area contributed by atoms with Gasteiger partial charge in [0.25, 0.3) is 5.72 Å². The summed E-state index contributed by atoms with van der Waals surface area (Å²) < 4.78 is 7.45. The third-order valence-corrected chi connectivity index (χ3v) is 9.45. The maximum atomic E-state index is 13.9. The number of likely N-dealkylation sites (N-methyl/N-ethyl adjacent to an activating group) is 1. The summed E-state index contributed by atoms with van der Waals surface area (Å²) in [6.07, 6.45) is 33.1. The Morgan fingerprint density at radius 3 is 1.20 bits per heavy atom. The maximum absolute atomic E-state index is 13.9. The number of carbonyl (C=O) groups excluding carboxylic acids is 1. The van der Waals surface area contributed by atoms with Crippen LogP contribution in [0.4, 0.5) is 0 Å². The number of unbranched alkanes of at least 4 members (excludes halogenated alkanes) is 21. The van der Waals surface area contributed by atoms with Gasteiger partial charge in [0.2, 0.25) is 5.78 Å². The second-order valence-electron chi connectivity index (χ2n) is 13.3. The number of Topliss-reactive ketones (excluding diaryl/α,β-unsaturated/α-hetero) is 1. The lowest BCUT2D eigenvalue weighted by atomic mass is 9.97. The van der Waals surface area contributed by atoms with Gasteiger partial charge in [-0.05, 0) is 25.7 Å². The molecule has 0 N–H and O–H groups in total. The molecule has 0 saturated carbocycles. The number of rotatable bonds is 32. The summed E-state index contributed by atoms with van der Waals surface area (Å²) in [4.78, 5) is 13.9. The van der Waals surface area contributed by atoms with E-state index in [1.807, 2.05) is 0 Å². The molecule has 1 unspecified atom stereocenters. The number of hydrogen-bond acceptors (Lipinski definition) is 2. The van der Waals surface area contributed by atoms with Gasteiger partial charge in [-0.2, -0.15) is 0 Å². The maximum Gasteiger partial charge on any atom is 0.260 e. The van der Waals surface area contributed by atoms with Crippen molar-refractivity contribution in [2.75, 3.05) is 26.7 Å². The zero-order chi connectivity index (χ0) is 29.8. The van der Waals surface area contributed by atoms with Crippen molar-refractivity contribution < 1.29 is 26.4 Å². The third-order valence-electron chi connectivity index (χ3n) is 9.45. The van der Waals surface area contributed by atoms with Gasteiger partial charge >= 0.3 is 0 Å². The summed E-state index contributed by atoms with van der Waals surface area (Å²) >= 11 is 0. The van der Waals surface area contributed by atoms with Crippen LogP contribution < -0.4 is 12.4 Å². The normalized spacial score (nSPS) is 13.2. The van der Waals surface area contributed by atoms with Gasteiger partial charge in [0.1, 0.15) is 0 Å². The Morgan fingerprint density at radius 1 is 0.512 bits per heavy atom. The highest BCUT2D eigenvalue weighted by Gasteiger charge is 2.50. The van der Waals surface area contributed by atoms with Gasteiger partial charge in [-0.25, -0.2) is 0 Å². The highest BCUT2D eigenvalue weighted by Crippen LogP contribution is 2.30. The van der Waals surface area contributed by atoms with E-state index in [4.69, 9.17) is 4.74 Å². The van der Waals surface area contributed by atoms with E-state index in [1.54, 1.807) is 0 Å². The van der Waals surface area contributed by atoms with Crippen molar-refractivity contribution in [2.24, 2.45) is 0 Å². The standard InChI is InChI=1S/C37H76NO2.ClH/c1-7-11-15-17-19-21-22-23-25-27-29-31-35-40-37(5,38(6,33-13-9-3)34-14-10-4)36(39)32-30-28-26-24-20-18-16-12-8-2;/h7-35H2,1-6H3;1H/q+1;/p-1. The van der Waals surface area contributed by atoms with Gasteiger partial charge in [-0.15, -0.1) is 0 Å². The van der Waals surface area contributed by atoms with E-state index in [-0.39, 0.29) is 12.4 Å². The first-order valence-corrected chi connectivity index (χ1v) is 18.4. The summed E-state index contributed by atoms with van der Waals surface area (Å²) in [6.45, 7) is 14.0. The monoisotopic (exact) mass is 602 g/mol. The van der Waals surface area contributed by atoms with Crippen LogP contribution in [-0.4, -0.2) is 42.7 Å². The number of ether oxygens (including phenoxy) is 1. The lowest BCUT2D eigenvalue weighted by Gasteiger charge is -2.48. The zero-order valence-corrected chi connectivity index (χ0v) is 29.9. The summed E-state index contributed by atoms with van der Waals surface area (Å²) in [5.74, 6) is 0.351. The minimum absolute atomic E-state index is 0. The number of carbonyl (C=O) groups is 1. The number of hydrogen-bond donors (Lipinski definition) is 0. The van der Waals surface area contributed by atoms with Crippen LogP contribution in [0.5, 0.6) is 0 Å². The third kappa shape index (κ3) is 21.3. The molecule has 0 bridgehead atoms. The van der Waals surface area contributed by atoms with Crippen LogP contribution in [0.25, 0.3) is 0 Å². The second-order valence-corrected chi connectivity index (χ2v) is 13.3. The van der Waals surface area contributed by atoms with Crippen LogP contribution in [0, 0.1) is 0 Å². The molecule has 0 spiro atoms. The van der Waals surface area contributed by atoms with Gasteiger partial charge in [0.15, 0.2) is 0 Å². The molecule has 3 nitrogen and oxygen atoms in total. The van der Waals surface area contributed by atoms with Crippen molar-refractivity contribution in [3.8, 4) is 0 Å². The Kier molecular flexibility index (Phi) is 31.4. The van der Waals surface area contributed by atoms with Gasteiger partial charge in [-0.3, -0.25) is 9.28 Å². The highest BCUT2D eigenvalue weighted by molar-refractivity contribution is 5.85. The van der Waals surface area contributed by atoms with Crippen LogP contribution in [0.15, 0.2) is 0 Å². The van der Waals surface area contributed by atoms with Crippen molar-refractivity contribution >= 4 is 5.78 Å². The quantitative estimate of drug-likeness (QED) is 0.0437. The topological polar surface area (TPSA) is 26.3 Å². The lowest BCUT2D eigenvalue weighted by molar-refractivity contribution is -0.971. The number of nitrogens with zero attached hydrogens (tertiary/aromatic N) is 1. The van der Waals surface area contributed by atoms with Gasteiger partial charge < -0.3 is 17.1 Å². The smallest absolute Gasteiger partial charge is 0.260 e. The number of quaternary nitrogens is 1. The molecule has 0 aromatic rings. The van der Waals surface area contributed by atoms with Gasteiger partial charge in [0, 0.05) is 13.3 Å². The molecule has 0 radical (unpaired) electrons. The Hall–Kier alpha value is -0.120. The molecule has 1 atom stereocenters. The number of halogens is 1. The minimum Gasteiger partial charge on any atom is -1.00 e. The molecular formula is C37H76ClNO2. The van der Waals surface area contributed by atoms with E-state index in [9.17, 15) is 4.79 Å². The van der Waals surface area contributed by atoms with Gasteiger partial charge in [-0.1, -0.05) is 163 Å². The average molecular weight is 602 g/mol.